The Morgan fingerprint density at radius 2 is 2.00 bits per heavy atom. The summed E-state index contributed by atoms with van der Waals surface area (Å²) in [5, 5.41) is 3.29. The monoisotopic (exact) mass is 188 g/mol. The van der Waals surface area contributed by atoms with Crippen molar-refractivity contribution in [3.63, 3.8) is 0 Å². The number of nitrogens with one attached hydrogen (secondary N) is 1. The minimum Gasteiger partial charge on any atom is -0.315 e. The molecule has 0 unspecified atom stereocenters. The molecule has 0 spiro atoms. The van der Waals surface area contributed by atoms with Gasteiger partial charge in [-0.15, -0.1) is 0 Å². The number of rotatable bonds is 2. The summed E-state index contributed by atoms with van der Waals surface area (Å²) in [5.41, 5.74) is 2.72. The zero-order valence-corrected chi connectivity index (χ0v) is 8.37. The molecule has 3 rings (SSSR count). The maximum atomic E-state index is 4.58. The smallest absolute Gasteiger partial charge is 0.0434 e. The van der Waals surface area contributed by atoms with Crippen molar-refractivity contribution in [2.45, 2.75) is 31.1 Å². The average molecular weight is 188 g/mol. The zero-order valence-electron chi connectivity index (χ0n) is 8.37. The first kappa shape index (κ1) is 8.42. The molecule has 74 valence electrons. The molecule has 1 saturated carbocycles. The van der Waals surface area contributed by atoms with E-state index >= 15 is 0 Å². The Morgan fingerprint density at radius 3 is 2.43 bits per heavy atom. The fourth-order valence-corrected chi connectivity index (χ4v) is 2.13. The molecule has 1 N–H and O–H groups in total. The van der Waals surface area contributed by atoms with Crippen LogP contribution in [0.15, 0.2) is 18.3 Å². The van der Waals surface area contributed by atoms with Gasteiger partial charge in [-0.25, -0.2) is 0 Å². The number of nitrogens with zero attached hydrogens (tertiary/aromatic N) is 1. The Morgan fingerprint density at radius 1 is 1.14 bits per heavy atom. The van der Waals surface area contributed by atoms with Crippen LogP contribution in [0.2, 0.25) is 0 Å². The number of aromatic nitrogens is 1. The third-order valence-corrected chi connectivity index (χ3v) is 3.59. The van der Waals surface area contributed by atoms with Gasteiger partial charge in [-0.3, -0.25) is 4.98 Å². The second kappa shape index (κ2) is 3.35. The van der Waals surface area contributed by atoms with E-state index in [1.165, 1.54) is 30.5 Å². The first-order valence-corrected chi connectivity index (χ1v) is 5.60. The average Bonchev–Trinajstić information content (AvgIpc) is 2.02. The molecule has 2 heteroatoms. The summed E-state index contributed by atoms with van der Waals surface area (Å²) in [5.74, 6) is 1.49. The van der Waals surface area contributed by atoms with Crippen LogP contribution < -0.4 is 5.32 Å². The molecular weight excluding hydrogens is 172 g/mol. The third-order valence-electron chi connectivity index (χ3n) is 3.59. The lowest BCUT2D eigenvalue weighted by Crippen LogP contribution is -2.39. The summed E-state index contributed by atoms with van der Waals surface area (Å²) in [6, 6.07) is 4.50. The van der Waals surface area contributed by atoms with Crippen molar-refractivity contribution in [2.24, 2.45) is 0 Å². The zero-order chi connectivity index (χ0) is 9.38. The van der Waals surface area contributed by atoms with Gasteiger partial charge in [0, 0.05) is 36.8 Å². The predicted molar refractivity (Wildman–Crippen MR) is 56.4 cm³/mol. The van der Waals surface area contributed by atoms with E-state index in [1.807, 2.05) is 0 Å². The summed E-state index contributed by atoms with van der Waals surface area (Å²) < 4.78 is 0. The van der Waals surface area contributed by atoms with Crippen LogP contribution in [0.1, 0.15) is 42.4 Å². The lowest BCUT2D eigenvalue weighted by Gasteiger charge is -2.28. The molecule has 14 heavy (non-hydrogen) atoms. The molecule has 1 aliphatic carbocycles. The standard InChI is InChI=1S/C12H16N2/c1-2-9(3-1)12-5-4-10(8-14-12)11-6-13-7-11/h4-5,8-9,11,13H,1-3,6-7H2. The molecule has 2 fully saturated rings. The van der Waals surface area contributed by atoms with Crippen molar-refractivity contribution >= 4 is 0 Å². The first-order valence-electron chi connectivity index (χ1n) is 5.60. The molecule has 0 amide bonds. The second-order valence-corrected chi connectivity index (χ2v) is 4.50. The van der Waals surface area contributed by atoms with E-state index in [-0.39, 0.29) is 0 Å². The van der Waals surface area contributed by atoms with Crippen molar-refractivity contribution in [2.75, 3.05) is 13.1 Å². The molecule has 0 bridgehead atoms. The lowest BCUT2D eigenvalue weighted by atomic mass is 9.82. The molecule has 2 aliphatic rings. The van der Waals surface area contributed by atoms with Crippen LogP contribution in [0.3, 0.4) is 0 Å². The number of hydrogen-bond acceptors (Lipinski definition) is 2. The Bertz CT molecular complexity index is 277. The third kappa shape index (κ3) is 1.34. The van der Waals surface area contributed by atoms with Gasteiger partial charge in [-0.2, -0.15) is 0 Å². The first-order chi connectivity index (χ1) is 6.93. The van der Waals surface area contributed by atoms with Crippen LogP contribution in [-0.4, -0.2) is 18.1 Å². The summed E-state index contributed by atoms with van der Waals surface area (Å²) in [6.07, 6.45) is 6.16. The molecular formula is C12H16N2. The van der Waals surface area contributed by atoms with Gasteiger partial charge in [0.2, 0.25) is 0 Å². The summed E-state index contributed by atoms with van der Waals surface area (Å²) in [4.78, 5) is 4.58. The van der Waals surface area contributed by atoms with Crippen LogP contribution in [0.25, 0.3) is 0 Å². The molecule has 1 aliphatic heterocycles. The number of hydrogen-bond donors (Lipinski definition) is 1. The van der Waals surface area contributed by atoms with E-state index in [0.717, 1.165) is 24.9 Å². The van der Waals surface area contributed by atoms with Crippen LogP contribution in [0.5, 0.6) is 0 Å². The van der Waals surface area contributed by atoms with Crippen molar-refractivity contribution < 1.29 is 0 Å². The van der Waals surface area contributed by atoms with Crippen molar-refractivity contribution in [1.82, 2.24) is 10.3 Å². The molecule has 1 saturated heterocycles. The molecule has 0 aromatic carbocycles. The predicted octanol–water partition coefficient (Wildman–Crippen LogP) is 2.04. The highest BCUT2D eigenvalue weighted by molar-refractivity contribution is 5.23. The minimum absolute atomic E-state index is 0.720. The van der Waals surface area contributed by atoms with Gasteiger partial charge in [0.25, 0.3) is 0 Å². The molecule has 1 aromatic rings. The van der Waals surface area contributed by atoms with Gasteiger partial charge in [0.15, 0.2) is 0 Å². The molecule has 0 atom stereocenters. The molecule has 2 heterocycles. The maximum absolute atomic E-state index is 4.58. The van der Waals surface area contributed by atoms with Gasteiger partial charge in [-0.1, -0.05) is 12.5 Å². The molecule has 0 radical (unpaired) electrons. The molecule has 2 nitrogen and oxygen atoms in total. The van der Waals surface area contributed by atoms with Crippen LogP contribution in [0.4, 0.5) is 0 Å². The summed E-state index contributed by atoms with van der Waals surface area (Å²) >= 11 is 0. The SMILES string of the molecule is c1cc(C2CCC2)ncc1C1CNC1. The maximum Gasteiger partial charge on any atom is 0.0434 e. The van der Waals surface area contributed by atoms with Crippen molar-refractivity contribution in [3.05, 3.63) is 29.6 Å². The summed E-state index contributed by atoms with van der Waals surface area (Å²) in [7, 11) is 0. The van der Waals surface area contributed by atoms with Crippen LogP contribution >= 0.6 is 0 Å². The Kier molecular flexibility index (Phi) is 2.02. The van der Waals surface area contributed by atoms with E-state index < -0.39 is 0 Å². The fourth-order valence-electron chi connectivity index (χ4n) is 2.13. The Balaban J connectivity index is 1.75. The summed E-state index contributed by atoms with van der Waals surface area (Å²) in [6.45, 7) is 2.26. The van der Waals surface area contributed by atoms with E-state index in [1.54, 1.807) is 0 Å². The van der Waals surface area contributed by atoms with Gasteiger partial charge >= 0.3 is 0 Å². The van der Waals surface area contributed by atoms with Crippen molar-refractivity contribution in [1.29, 1.82) is 0 Å². The lowest BCUT2D eigenvalue weighted by molar-refractivity contribution is 0.409. The topological polar surface area (TPSA) is 24.9 Å². The normalized spacial score (nSPS) is 22.9. The van der Waals surface area contributed by atoms with E-state index in [2.05, 4.69) is 28.6 Å². The molecule has 1 aromatic heterocycles. The van der Waals surface area contributed by atoms with Gasteiger partial charge in [0.1, 0.15) is 0 Å². The van der Waals surface area contributed by atoms with Crippen molar-refractivity contribution in [3.8, 4) is 0 Å². The Hall–Kier alpha value is -0.890. The van der Waals surface area contributed by atoms with E-state index in [4.69, 9.17) is 0 Å². The van der Waals surface area contributed by atoms with E-state index in [0.29, 0.717) is 0 Å². The highest BCUT2D eigenvalue weighted by Crippen LogP contribution is 2.35. The quantitative estimate of drug-likeness (QED) is 0.768. The highest BCUT2D eigenvalue weighted by atomic mass is 14.9. The number of pyridine rings is 1. The highest BCUT2D eigenvalue weighted by Gasteiger charge is 2.22. The fraction of sp³-hybridized carbons (Fsp3) is 0.583. The van der Waals surface area contributed by atoms with Crippen LogP contribution in [0, 0.1) is 0 Å². The minimum atomic E-state index is 0.720. The Labute approximate surface area is 84.7 Å². The van der Waals surface area contributed by atoms with Crippen LogP contribution in [-0.2, 0) is 0 Å². The van der Waals surface area contributed by atoms with E-state index in [9.17, 15) is 0 Å². The van der Waals surface area contributed by atoms with Gasteiger partial charge < -0.3 is 5.32 Å². The van der Waals surface area contributed by atoms with Gasteiger partial charge in [0.05, 0.1) is 0 Å². The second-order valence-electron chi connectivity index (χ2n) is 4.50. The van der Waals surface area contributed by atoms with Gasteiger partial charge in [-0.05, 0) is 24.5 Å². The largest absolute Gasteiger partial charge is 0.315 e.